The standard InChI is InChI=1S/C10H9ClO3/c1-2-14-10(13)8-4-3-7(6-12)5-9(8)11/h3-6H,2H2,1H3. The van der Waals surface area contributed by atoms with Crippen molar-refractivity contribution in [1.82, 2.24) is 0 Å². The van der Waals surface area contributed by atoms with Crippen molar-refractivity contribution in [3.8, 4) is 0 Å². The molecular weight excluding hydrogens is 204 g/mol. The first-order chi connectivity index (χ1) is 6.69. The van der Waals surface area contributed by atoms with Crippen molar-refractivity contribution in [2.75, 3.05) is 6.61 Å². The zero-order valence-corrected chi connectivity index (χ0v) is 8.38. The van der Waals surface area contributed by atoms with Gasteiger partial charge in [-0.05, 0) is 19.1 Å². The summed E-state index contributed by atoms with van der Waals surface area (Å²) in [6, 6.07) is 4.43. The number of carbonyl (C=O) groups is 2. The first-order valence-electron chi connectivity index (χ1n) is 4.11. The van der Waals surface area contributed by atoms with Crippen molar-refractivity contribution >= 4 is 23.9 Å². The first kappa shape index (κ1) is 10.7. The molecule has 1 rings (SSSR count). The van der Waals surface area contributed by atoms with Gasteiger partial charge in [0, 0.05) is 5.56 Å². The molecule has 0 radical (unpaired) electrons. The van der Waals surface area contributed by atoms with Crippen LogP contribution in [0.2, 0.25) is 5.02 Å². The van der Waals surface area contributed by atoms with E-state index in [1.165, 1.54) is 18.2 Å². The molecule has 74 valence electrons. The van der Waals surface area contributed by atoms with Crippen molar-refractivity contribution in [1.29, 1.82) is 0 Å². The Kier molecular flexibility index (Phi) is 3.65. The van der Waals surface area contributed by atoms with Crippen LogP contribution in [-0.2, 0) is 4.74 Å². The van der Waals surface area contributed by atoms with E-state index in [2.05, 4.69) is 0 Å². The monoisotopic (exact) mass is 212 g/mol. The predicted molar refractivity (Wildman–Crippen MR) is 52.8 cm³/mol. The number of benzene rings is 1. The van der Waals surface area contributed by atoms with Gasteiger partial charge in [-0.1, -0.05) is 17.7 Å². The van der Waals surface area contributed by atoms with Crippen LogP contribution in [0.1, 0.15) is 27.6 Å². The fourth-order valence-corrected chi connectivity index (χ4v) is 1.25. The Bertz CT molecular complexity index is 360. The minimum absolute atomic E-state index is 0.230. The van der Waals surface area contributed by atoms with E-state index in [9.17, 15) is 9.59 Å². The molecule has 1 aromatic carbocycles. The van der Waals surface area contributed by atoms with Gasteiger partial charge in [-0.3, -0.25) is 4.79 Å². The van der Waals surface area contributed by atoms with Gasteiger partial charge in [0.15, 0.2) is 0 Å². The lowest BCUT2D eigenvalue weighted by atomic mass is 10.1. The van der Waals surface area contributed by atoms with Crippen LogP contribution in [-0.4, -0.2) is 18.9 Å². The van der Waals surface area contributed by atoms with Gasteiger partial charge in [0.25, 0.3) is 0 Å². The Morgan fingerprint density at radius 3 is 2.79 bits per heavy atom. The third kappa shape index (κ3) is 2.33. The Balaban J connectivity index is 2.99. The average molecular weight is 213 g/mol. The molecule has 0 saturated heterocycles. The highest BCUT2D eigenvalue weighted by atomic mass is 35.5. The molecule has 0 heterocycles. The molecule has 0 fully saturated rings. The van der Waals surface area contributed by atoms with Gasteiger partial charge in [0.1, 0.15) is 6.29 Å². The molecule has 0 unspecified atom stereocenters. The van der Waals surface area contributed by atoms with E-state index in [4.69, 9.17) is 16.3 Å². The zero-order chi connectivity index (χ0) is 10.6. The lowest BCUT2D eigenvalue weighted by Crippen LogP contribution is -2.05. The zero-order valence-electron chi connectivity index (χ0n) is 7.62. The third-order valence-electron chi connectivity index (χ3n) is 1.62. The van der Waals surface area contributed by atoms with Gasteiger partial charge < -0.3 is 4.74 Å². The molecule has 4 heteroatoms. The van der Waals surface area contributed by atoms with Crippen molar-refractivity contribution in [2.45, 2.75) is 6.92 Å². The van der Waals surface area contributed by atoms with E-state index in [1.54, 1.807) is 6.92 Å². The van der Waals surface area contributed by atoms with E-state index < -0.39 is 5.97 Å². The molecule has 0 bridgehead atoms. The topological polar surface area (TPSA) is 43.4 Å². The number of ether oxygens (including phenoxy) is 1. The highest BCUT2D eigenvalue weighted by Crippen LogP contribution is 2.17. The van der Waals surface area contributed by atoms with E-state index >= 15 is 0 Å². The summed E-state index contributed by atoms with van der Waals surface area (Å²) in [6.45, 7) is 2.01. The summed E-state index contributed by atoms with van der Waals surface area (Å²) in [7, 11) is 0. The van der Waals surface area contributed by atoms with Gasteiger partial charge in [0.05, 0.1) is 17.2 Å². The van der Waals surface area contributed by atoms with Crippen LogP contribution in [0.25, 0.3) is 0 Å². The Morgan fingerprint density at radius 1 is 1.57 bits per heavy atom. The molecule has 0 N–H and O–H groups in total. The summed E-state index contributed by atoms with van der Waals surface area (Å²) < 4.78 is 4.77. The van der Waals surface area contributed by atoms with E-state index in [1.807, 2.05) is 0 Å². The first-order valence-corrected chi connectivity index (χ1v) is 4.48. The van der Waals surface area contributed by atoms with Gasteiger partial charge in [0.2, 0.25) is 0 Å². The number of aldehydes is 1. The molecule has 0 atom stereocenters. The van der Waals surface area contributed by atoms with Crippen LogP contribution in [0.4, 0.5) is 0 Å². The second-order valence-electron chi connectivity index (χ2n) is 2.58. The number of hydrogen-bond donors (Lipinski definition) is 0. The fraction of sp³-hybridized carbons (Fsp3) is 0.200. The van der Waals surface area contributed by atoms with Crippen molar-refractivity contribution in [2.24, 2.45) is 0 Å². The summed E-state index contributed by atoms with van der Waals surface area (Å²) in [4.78, 5) is 21.7. The van der Waals surface area contributed by atoms with E-state index in [0.717, 1.165) is 0 Å². The molecule has 0 aliphatic rings. The maximum absolute atomic E-state index is 11.3. The summed E-state index contributed by atoms with van der Waals surface area (Å²) >= 11 is 5.78. The maximum Gasteiger partial charge on any atom is 0.339 e. The summed E-state index contributed by atoms with van der Waals surface area (Å²) in [5.74, 6) is -0.477. The number of esters is 1. The molecule has 0 aromatic heterocycles. The quantitative estimate of drug-likeness (QED) is 0.571. The van der Waals surface area contributed by atoms with Crippen molar-refractivity contribution in [3.05, 3.63) is 34.3 Å². The SMILES string of the molecule is CCOC(=O)c1ccc(C=O)cc1Cl. The van der Waals surface area contributed by atoms with Crippen LogP contribution in [0.5, 0.6) is 0 Å². The van der Waals surface area contributed by atoms with Crippen LogP contribution in [0, 0.1) is 0 Å². The Labute approximate surface area is 86.6 Å². The minimum atomic E-state index is -0.477. The van der Waals surface area contributed by atoms with Gasteiger partial charge in [-0.15, -0.1) is 0 Å². The highest BCUT2D eigenvalue weighted by molar-refractivity contribution is 6.33. The summed E-state index contributed by atoms with van der Waals surface area (Å²) in [5, 5.41) is 0.230. The summed E-state index contributed by atoms with van der Waals surface area (Å²) in [6.07, 6.45) is 0.667. The second-order valence-corrected chi connectivity index (χ2v) is 2.98. The Morgan fingerprint density at radius 2 is 2.29 bits per heavy atom. The lowest BCUT2D eigenvalue weighted by Gasteiger charge is -2.03. The van der Waals surface area contributed by atoms with Crippen LogP contribution < -0.4 is 0 Å². The third-order valence-corrected chi connectivity index (χ3v) is 1.94. The summed E-state index contributed by atoms with van der Waals surface area (Å²) in [5.41, 5.74) is 0.710. The predicted octanol–water partition coefficient (Wildman–Crippen LogP) is 2.33. The van der Waals surface area contributed by atoms with E-state index in [-0.39, 0.29) is 10.6 Å². The van der Waals surface area contributed by atoms with Crippen LogP contribution in [0.3, 0.4) is 0 Å². The van der Waals surface area contributed by atoms with E-state index in [0.29, 0.717) is 18.5 Å². The number of carbonyl (C=O) groups excluding carboxylic acids is 2. The average Bonchev–Trinajstić information content (AvgIpc) is 2.17. The molecule has 3 nitrogen and oxygen atoms in total. The molecule has 0 aliphatic carbocycles. The Hall–Kier alpha value is -1.35. The molecule has 14 heavy (non-hydrogen) atoms. The normalized spacial score (nSPS) is 9.57. The minimum Gasteiger partial charge on any atom is -0.462 e. The van der Waals surface area contributed by atoms with Crippen molar-refractivity contribution in [3.63, 3.8) is 0 Å². The molecular formula is C10H9ClO3. The van der Waals surface area contributed by atoms with Crippen LogP contribution >= 0.6 is 11.6 Å². The second kappa shape index (κ2) is 4.77. The maximum atomic E-state index is 11.3. The molecule has 0 spiro atoms. The fourth-order valence-electron chi connectivity index (χ4n) is 0.979. The van der Waals surface area contributed by atoms with Crippen LogP contribution in [0.15, 0.2) is 18.2 Å². The lowest BCUT2D eigenvalue weighted by molar-refractivity contribution is 0.0526. The smallest absolute Gasteiger partial charge is 0.339 e. The highest BCUT2D eigenvalue weighted by Gasteiger charge is 2.11. The van der Waals surface area contributed by atoms with Gasteiger partial charge >= 0.3 is 5.97 Å². The molecule has 1 aromatic rings. The molecule has 0 saturated carbocycles. The molecule has 0 amide bonds. The largest absolute Gasteiger partial charge is 0.462 e. The van der Waals surface area contributed by atoms with Gasteiger partial charge in [-0.2, -0.15) is 0 Å². The van der Waals surface area contributed by atoms with Gasteiger partial charge in [-0.25, -0.2) is 4.79 Å². The number of rotatable bonds is 3. The number of hydrogen-bond acceptors (Lipinski definition) is 3. The van der Waals surface area contributed by atoms with Crippen molar-refractivity contribution < 1.29 is 14.3 Å². The molecule has 0 aliphatic heterocycles. The number of halogens is 1.